The Morgan fingerprint density at radius 1 is 0.889 bits per heavy atom. The third kappa shape index (κ3) is 5.88. The van der Waals surface area contributed by atoms with Crippen LogP contribution in [-0.2, 0) is 0 Å². The molecule has 0 bridgehead atoms. The third-order valence-corrected chi connectivity index (χ3v) is 5.52. The summed E-state index contributed by atoms with van der Waals surface area (Å²) in [4.78, 5) is 6.55. The second-order valence-corrected chi connectivity index (χ2v) is 7.63. The third-order valence-electron chi connectivity index (χ3n) is 4.55. The molecule has 0 aliphatic carbocycles. The number of hydrogen-bond acceptors (Lipinski definition) is 3. The van der Waals surface area contributed by atoms with Crippen LogP contribution in [0.4, 0.5) is 0 Å². The van der Waals surface area contributed by atoms with Crippen LogP contribution in [0.3, 0.4) is 0 Å². The summed E-state index contributed by atoms with van der Waals surface area (Å²) in [6.07, 6.45) is 3.75. The van der Waals surface area contributed by atoms with Gasteiger partial charge in [-0.15, -0.1) is 11.3 Å². The first-order valence-electron chi connectivity index (χ1n) is 9.81. The molecular weight excluding hydrogens is 348 g/mol. The van der Waals surface area contributed by atoms with Crippen LogP contribution >= 0.6 is 11.3 Å². The van der Waals surface area contributed by atoms with Crippen LogP contribution < -0.4 is 5.32 Å². The molecule has 1 atom stereocenters. The smallest absolute Gasteiger partial charge is 0.0972 e. The van der Waals surface area contributed by atoms with Crippen molar-refractivity contribution in [2.45, 2.75) is 32.2 Å². The Labute approximate surface area is 167 Å². The van der Waals surface area contributed by atoms with Crippen molar-refractivity contribution in [3.05, 3.63) is 94.2 Å². The van der Waals surface area contributed by atoms with Crippen LogP contribution in [0.2, 0.25) is 0 Å². The van der Waals surface area contributed by atoms with Gasteiger partial charge in [0.25, 0.3) is 0 Å². The molecule has 0 aliphatic heterocycles. The average Bonchev–Trinajstić information content (AvgIpc) is 3.26. The summed E-state index contributed by atoms with van der Waals surface area (Å²) < 4.78 is 0. The molecule has 140 valence electrons. The van der Waals surface area contributed by atoms with Crippen molar-refractivity contribution in [2.24, 2.45) is 4.99 Å². The molecule has 0 radical (unpaired) electrons. The maximum Gasteiger partial charge on any atom is 0.0972 e. The van der Waals surface area contributed by atoms with Gasteiger partial charge in [0.05, 0.1) is 11.8 Å². The molecule has 1 aromatic heterocycles. The molecule has 0 saturated heterocycles. The van der Waals surface area contributed by atoms with Crippen LogP contribution in [-0.4, -0.2) is 18.8 Å². The van der Waals surface area contributed by atoms with Crippen LogP contribution in [0.1, 0.15) is 48.2 Å². The maximum atomic E-state index is 5.24. The zero-order valence-corrected chi connectivity index (χ0v) is 16.8. The number of hydrogen-bond donors (Lipinski definition) is 1. The number of nitrogens with one attached hydrogen (secondary N) is 1. The predicted molar refractivity (Wildman–Crippen MR) is 118 cm³/mol. The first-order chi connectivity index (χ1) is 13.4. The molecule has 0 saturated carbocycles. The molecule has 2 nitrogen and oxygen atoms in total. The van der Waals surface area contributed by atoms with E-state index in [1.165, 1.54) is 24.1 Å². The summed E-state index contributed by atoms with van der Waals surface area (Å²) >= 11 is 1.78. The molecule has 1 unspecified atom stereocenters. The number of aliphatic imine (C=N–C) groups is 1. The molecule has 3 aromatic rings. The quantitative estimate of drug-likeness (QED) is 0.335. The van der Waals surface area contributed by atoms with Gasteiger partial charge < -0.3 is 5.32 Å². The fourth-order valence-electron chi connectivity index (χ4n) is 3.09. The van der Waals surface area contributed by atoms with Crippen LogP contribution in [0, 0.1) is 0 Å². The van der Waals surface area contributed by atoms with Crippen molar-refractivity contribution >= 4 is 17.0 Å². The number of thiophene rings is 1. The van der Waals surface area contributed by atoms with Gasteiger partial charge in [-0.2, -0.15) is 0 Å². The zero-order valence-electron chi connectivity index (χ0n) is 16.0. The highest BCUT2D eigenvalue weighted by Gasteiger charge is 2.14. The fraction of sp³-hybridized carbons (Fsp3) is 0.292. The van der Waals surface area contributed by atoms with E-state index in [4.69, 9.17) is 4.99 Å². The Bertz CT molecular complexity index is 753. The summed E-state index contributed by atoms with van der Waals surface area (Å²) in [6.45, 7) is 4.16. The first-order valence-corrected chi connectivity index (χ1v) is 10.7. The lowest BCUT2D eigenvalue weighted by molar-refractivity contribution is 0.573. The minimum Gasteiger partial charge on any atom is -0.314 e. The fourth-order valence-corrected chi connectivity index (χ4v) is 3.86. The van der Waals surface area contributed by atoms with Crippen molar-refractivity contribution in [1.82, 2.24) is 5.32 Å². The minimum absolute atomic E-state index is 0.127. The first kappa shape index (κ1) is 19.5. The second kappa shape index (κ2) is 10.8. The van der Waals surface area contributed by atoms with Gasteiger partial charge in [-0.05, 0) is 24.4 Å². The Kier molecular flexibility index (Phi) is 7.82. The van der Waals surface area contributed by atoms with Crippen molar-refractivity contribution in [2.75, 3.05) is 13.1 Å². The van der Waals surface area contributed by atoms with E-state index in [1.54, 1.807) is 11.3 Å². The molecule has 27 heavy (non-hydrogen) atoms. The molecule has 3 heteroatoms. The lowest BCUT2D eigenvalue weighted by Gasteiger charge is -2.16. The lowest BCUT2D eigenvalue weighted by atomic mass is 10.0. The van der Waals surface area contributed by atoms with Crippen molar-refractivity contribution in [3.8, 4) is 0 Å². The number of unbranched alkanes of at least 4 members (excludes halogenated alkanes) is 2. The Morgan fingerprint density at radius 2 is 1.56 bits per heavy atom. The van der Waals surface area contributed by atoms with Crippen LogP contribution in [0.25, 0.3) is 0 Å². The van der Waals surface area contributed by atoms with Gasteiger partial charge in [-0.1, -0.05) is 86.5 Å². The van der Waals surface area contributed by atoms with Crippen LogP contribution in [0.5, 0.6) is 0 Å². The summed E-state index contributed by atoms with van der Waals surface area (Å²) in [5.41, 5.74) is 3.39. The van der Waals surface area contributed by atoms with Crippen molar-refractivity contribution in [3.63, 3.8) is 0 Å². The zero-order chi connectivity index (χ0) is 18.7. The van der Waals surface area contributed by atoms with E-state index in [9.17, 15) is 0 Å². The molecule has 0 spiro atoms. The summed E-state index contributed by atoms with van der Waals surface area (Å²) in [6, 6.07) is 25.4. The molecular formula is C24H28N2S. The lowest BCUT2D eigenvalue weighted by Crippen LogP contribution is -2.22. The van der Waals surface area contributed by atoms with Gasteiger partial charge in [-0.25, -0.2) is 0 Å². The van der Waals surface area contributed by atoms with Gasteiger partial charge in [0, 0.05) is 22.5 Å². The topological polar surface area (TPSA) is 24.4 Å². The largest absolute Gasteiger partial charge is 0.314 e. The Hall–Kier alpha value is -2.23. The van der Waals surface area contributed by atoms with Gasteiger partial charge in [0.2, 0.25) is 0 Å². The van der Waals surface area contributed by atoms with Crippen molar-refractivity contribution in [1.29, 1.82) is 0 Å². The number of nitrogens with zero attached hydrogens (tertiary/aromatic N) is 1. The standard InChI is InChI=1S/C24H28N2S/c1-2-3-10-17-25-19-22(23-16-11-18-27-23)26-24(20-12-6-4-7-13-20)21-14-8-5-9-15-21/h4-9,11-16,18,22,25H,2-3,10,17,19H2,1H3. The van der Waals surface area contributed by atoms with Gasteiger partial charge in [-0.3, -0.25) is 4.99 Å². The maximum absolute atomic E-state index is 5.24. The summed E-state index contributed by atoms with van der Waals surface area (Å²) in [7, 11) is 0. The summed E-state index contributed by atoms with van der Waals surface area (Å²) in [5, 5.41) is 5.75. The van der Waals surface area contributed by atoms with Crippen molar-refractivity contribution < 1.29 is 0 Å². The molecule has 3 rings (SSSR count). The molecule has 1 heterocycles. The average molecular weight is 377 g/mol. The highest BCUT2D eigenvalue weighted by atomic mass is 32.1. The van der Waals surface area contributed by atoms with E-state index < -0.39 is 0 Å². The van der Waals surface area contributed by atoms with Gasteiger partial charge >= 0.3 is 0 Å². The highest BCUT2D eigenvalue weighted by molar-refractivity contribution is 7.10. The highest BCUT2D eigenvalue weighted by Crippen LogP contribution is 2.24. The second-order valence-electron chi connectivity index (χ2n) is 6.65. The van der Waals surface area contributed by atoms with E-state index in [0.717, 1.165) is 29.9 Å². The SMILES string of the molecule is CCCCCNCC(N=C(c1ccccc1)c1ccccc1)c1cccs1. The number of benzene rings is 2. The number of rotatable bonds is 10. The van der Waals surface area contributed by atoms with Crippen LogP contribution in [0.15, 0.2) is 83.2 Å². The normalized spacial score (nSPS) is 11.9. The minimum atomic E-state index is 0.127. The Balaban J connectivity index is 1.88. The molecule has 0 aliphatic rings. The monoisotopic (exact) mass is 376 g/mol. The molecule has 1 N–H and O–H groups in total. The summed E-state index contributed by atoms with van der Waals surface area (Å²) in [5.74, 6) is 0. The molecule has 0 amide bonds. The van der Waals surface area contributed by atoms with E-state index in [-0.39, 0.29) is 6.04 Å². The van der Waals surface area contributed by atoms with E-state index >= 15 is 0 Å². The predicted octanol–water partition coefficient (Wildman–Crippen LogP) is 6.11. The van der Waals surface area contributed by atoms with Gasteiger partial charge in [0.15, 0.2) is 0 Å². The molecule has 2 aromatic carbocycles. The Morgan fingerprint density at radius 3 is 2.11 bits per heavy atom. The van der Waals surface area contributed by atoms with Gasteiger partial charge in [0.1, 0.15) is 0 Å². The van der Waals surface area contributed by atoms with E-state index in [1.807, 2.05) is 0 Å². The molecule has 0 fully saturated rings. The van der Waals surface area contributed by atoms with E-state index in [0.29, 0.717) is 0 Å². The van der Waals surface area contributed by atoms with E-state index in [2.05, 4.69) is 90.4 Å².